The number of benzene rings is 1. The number of alkyl halides is 3. The highest BCUT2D eigenvalue weighted by Gasteiger charge is 2.34. The van der Waals surface area contributed by atoms with Crippen LogP contribution in [0.1, 0.15) is 53.6 Å². The minimum Gasteiger partial charge on any atom is -0.371 e. The van der Waals surface area contributed by atoms with Crippen LogP contribution >= 0.6 is 0 Å². The Kier molecular flexibility index (Phi) is 6.15. The number of anilines is 1. The third-order valence-corrected chi connectivity index (χ3v) is 4.86. The van der Waals surface area contributed by atoms with Gasteiger partial charge in [-0.1, -0.05) is 12.8 Å². The molecule has 1 aliphatic rings. The van der Waals surface area contributed by atoms with Gasteiger partial charge >= 0.3 is 6.18 Å². The van der Waals surface area contributed by atoms with Crippen LogP contribution in [-0.4, -0.2) is 31.4 Å². The highest BCUT2D eigenvalue weighted by Crippen LogP contribution is 2.37. The molecule has 26 heavy (non-hydrogen) atoms. The summed E-state index contributed by atoms with van der Waals surface area (Å²) in [6, 6.07) is 2.14. The van der Waals surface area contributed by atoms with Crippen molar-refractivity contribution < 1.29 is 22.8 Å². The van der Waals surface area contributed by atoms with Gasteiger partial charge in [-0.05, 0) is 37.5 Å². The lowest BCUT2D eigenvalue weighted by Crippen LogP contribution is -2.32. The lowest BCUT2D eigenvalue weighted by atomic mass is 9.99. The molecule has 1 saturated carbocycles. The number of rotatable bonds is 6. The normalized spacial score (nSPS) is 15.1. The van der Waals surface area contributed by atoms with Gasteiger partial charge in [0.1, 0.15) is 0 Å². The molecule has 0 aliphatic heterocycles. The van der Waals surface area contributed by atoms with Crippen molar-refractivity contribution in [2.24, 2.45) is 5.73 Å². The Hall–Kier alpha value is -2.25. The fourth-order valence-corrected chi connectivity index (χ4v) is 3.35. The number of amides is 2. The van der Waals surface area contributed by atoms with Crippen LogP contribution in [0.5, 0.6) is 0 Å². The van der Waals surface area contributed by atoms with E-state index in [1.54, 1.807) is 14.0 Å². The van der Waals surface area contributed by atoms with E-state index in [-0.39, 0.29) is 24.6 Å². The van der Waals surface area contributed by atoms with Crippen molar-refractivity contribution in [3.63, 3.8) is 0 Å². The van der Waals surface area contributed by atoms with Crippen LogP contribution in [0.3, 0.4) is 0 Å². The predicted molar refractivity (Wildman–Crippen MR) is 93.0 cm³/mol. The van der Waals surface area contributed by atoms with Crippen molar-refractivity contribution in [1.82, 2.24) is 5.32 Å². The van der Waals surface area contributed by atoms with Crippen LogP contribution in [-0.2, 0) is 11.0 Å². The van der Waals surface area contributed by atoms with Gasteiger partial charge in [0, 0.05) is 37.3 Å². The third-order valence-electron chi connectivity index (χ3n) is 4.86. The molecule has 2 rings (SSSR count). The molecule has 2 amide bonds. The quantitative estimate of drug-likeness (QED) is 0.807. The first-order valence-corrected chi connectivity index (χ1v) is 8.62. The van der Waals surface area contributed by atoms with E-state index < -0.39 is 23.6 Å². The fourth-order valence-electron chi connectivity index (χ4n) is 3.35. The monoisotopic (exact) mass is 371 g/mol. The molecule has 8 heteroatoms. The molecule has 0 atom stereocenters. The zero-order chi connectivity index (χ0) is 19.5. The van der Waals surface area contributed by atoms with E-state index in [0.29, 0.717) is 11.3 Å². The molecule has 1 aliphatic carbocycles. The summed E-state index contributed by atoms with van der Waals surface area (Å²) in [5, 5.41) is 2.46. The van der Waals surface area contributed by atoms with Crippen molar-refractivity contribution >= 4 is 17.5 Å². The van der Waals surface area contributed by atoms with Gasteiger partial charge in [-0.15, -0.1) is 0 Å². The van der Waals surface area contributed by atoms with E-state index in [9.17, 15) is 22.8 Å². The van der Waals surface area contributed by atoms with Gasteiger partial charge in [0.05, 0.1) is 5.56 Å². The van der Waals surface area contributed by atoms with Gasteiger partial charge < -0.3 is 16.0 Å². The smallest absolute Gasteiger partial charge is 0.371 e. The fraction of sp³-hybridized carbons (Fsp3) is 0.556. The van der Waals surface area contributed by atoms with Gasteiger partial charge in [-0.3, -0.25) is 9.59 Å². The molecule has 1 aromatic carbocycles. The Morgan fingerprint density at radius 1 is 1.27 bits per heavy atom. The first-order chi connectivity index (χ1) is 12.1. The predicted octanol–water partition coefficient (Wildman–Crippen LogP) is 3.00. The molecule has 0 unspecified atom stereocenters. The lowest BCUT2D eigenvalue weighted by Gasteiger charge is -2.29. The maximum absolute atomic E-state index is 13.3. The molecule has 144 valence electrons. The number of hydrogen-bond acceptors (Lipinski definition) is 3. The number of primary amides is 1. The molecule has 3 N–H and O–H groups in total. The molecular formula is C18H24F3N3O2. The van der Waals surface area contributed by atoms with Gasteiger partial charge in [0.15, 0.2) is 0 Å². The molecule has 0 spiro atoms. The number of carbonyl (C=O) groups excluding carboxylic acids is 2. The standard InChI is InChI=1S/C18H24F3N3O2/c1-11-14(17(26)23-8-7-16(22)25)9-12(18(19,20)21)10-15(11)24(2)13-5-3-4-6-13/h9-10,13H,3-8H2,1-2H3,(H2,22,25)(H,23,26). The first kappa shape index (κ1) is 20.1. The van der Waals surface area contributed by atoms with Crippen molar-refractivity contribution in [3.8, 4) is 0 Å². The van der Waals surface area contributed by atoms with Gasteiger partial charge in [-0.25, -0.2) is 0 Å². The lowest BCUT2D eigenvalue weighted by molar-refractivity contribution is -0.137. The number of nitrogens with one attached hydrogen (secondary N) is 1. The van der Waals surface area contributed by atoms with Crippen molar-refractivity contribution in [3.05, 3.63) is 28.8 Å². The van der Waals surface area contributed by atoms with E-state index in [4.69, 9.17) is 5.73 Å². The van der Waals surface area contributed by atoms with Gasteiger partial charge in [0.25, 0.3) is 5.91 Å². The number of nitrogens with zero attached hydrogens (tertiary/aromatic N) is 1. The average Bonchev–Trinajstić information content (AvgIpc) is 3.07. The second kappa shape index (κ2) is 7.97. The molecular weight excluding hydrogens is 347 g/mol. The van der Waals surface area contributed by atoms with Crippen LogP contribution in [0.25, 0.3) is 0 Å². The topological polar surface area (TPSA) is 75.4 Å². The van der Waals surface area contributed by atoms with E-state index in [1.807, 2.05) is 4.90 Å². The van der Waals surface area contributed by atoms with E-state index in [0.717, 1.165) is 37.8 Å². The Morgan fingerprint density at radius 2 is 1.88 bits per heavy atom. The maximum atomic E-state index is 13.3. The number of hydrogen-bond donors (Lipinski definition) is 2. The maximum Gasteiger partial charge on any atom is 0.416 e. The Balaban J connectivity index is 2.38. The first-order valence-electron chi connectivity index (χ1n) is 8.62. The van der Waals surface area contributed by atoms with Crippen LogP contribution in [0.4, 0.5) is 18.9 Å². The Labute approximate surface area is 150 Å². The van der Waals surface area contributed by atoms with Crippen molar-refractivity contribution in [2.45, 2.75) is 51.2 Å². The zero-order valence-electron chi connectivity index (χ0n) is 14.9. The van der Waals surface area contributed by atoms with E-state index in [2.05, 4.69) is 5.32 Å². The van der Waals surface area contributed by atoms with Crippen LogP contribution < -0.4 is 16.0 Å². The summed E-state index contributed by atoms with van der Waals surface area (Å²) in [4.78, 5) is 25.0. The second-order valence-electron chi connectivity index (χ2n) is 6.69. The SMILES string of the molecule is Cc1c(C(=O)NCCC(N)=O)cc(C(F)(F)F)cc1N(C)C1CCCC1. The number of halogens is 3. The summed E-state index contributed by atoms with van der Waals surface area (Å²) in [5.74, 6) is -1.23. The molecule has 5 nitrogen and oxygen atoms in total. The summed E-state index contributed by atoms with van der Waals surface area (Å²) in [5.41, 5.74) is 5.02. The minimum atomic E-state index is -4.55. The molecule has 0 saturated heterocycles. The third kappa shape index (κ3) is 4.68. The van der Waals surface area contributed by atoms with E-state index in [1.165, 1.54) is 0 Å². The summed E-state index contributed by atoms with van der Waals surface area (Å²) in [7, 11) is 1.77. The number of carbonyl (C=O) groups is 2. The van der Waals surface area contributed by atoms with Crippen LogP contribution in [0, 0.1) is 6.92 Å². The minimum absolute atomic E-state index is 0.0162. The summed E-state index contributed by atoms with van der Waals surface area (Å²) >= 11 is 0. The second-order valence-corrected chi connectivity index (χ2v) is 6.69. The number of nitrogens with two attached hydrogens (primary N) is 1. The van der Waals surface area contributed by atoms with Crippen molar-refractivity contribution in [2.75, 3.05) is 18.5 Å². The zero-order valence-corrected chi connectivity index (χ0v) is 14.9. The summed E-state index contributed by atoms with van der Waals surface area (Å²) < 4.78 is 40.0. The van der Waals surface area contributed by atoms with Crippen LogP contribution in [0.15, 0.2) is 12.1 Å². The Bertz CT molecular complexity index is 683. The average molecular weight is 371 g/mol. The molecule has 0 bridgehead atoms. The summed E-state index contributed by atoms with van der Waals surface area (Å²) in [6.07, 6.45) is -0.681. The highest BCUT2D eigenvalue weighted by molar-refractivity contribution is 5.97. The van der Waals surface area contributed by atoms with Gasteiger partial charge in [0.2, 0.25) is 5.91 Å². The molecule has 1 aromatic rings. The molecule has 1 fully saturated rings. The van der Waals surface area contributed by atoms with Gasteiger partial charge in [-0.2, -0.15) is 13.2 Å². The largest absolute Gasteiger partial charge is 0.416 e. The van der Waals surface area contributed by atoms with Crippen LogP contribution in [0.2, 0.25) is 0 Å². The Morgan fingerprint density at radius 3 is 2.42 bits per heavy atom. The van der Waals surface area contributed by atoms with Crippen molar-refractivity contribution in [1.29, 1.82) is 0 Å². The molecule has 0 heterocycles. The molecule has 0 radical (unpaired) electrons. The summed E-state index contributed by atoms with van der Waals surface area (Å²) in [6.45, 7) is 1.63. The molecule has 0 aromatic heterocycles. The highest BCUT2D eigenvalue weighted by atomic mass is 19.4. The van der Waals surface area contributed by atoms with E-state index >= 15 is 0 Å².